The first kappa shape index (κ1) is 13.7. The van der Waals surface area contributed by atoms with E-state index in [2.05, 4.69) is 47.3 Å². The summed E-state index contributed by atoms with van der Waals surface area (Å²) in [6.07, 6.45) is 1.03. The highest BCUT2D eigenvalue weighted by Gasteiger charge is 2.04. The molecule has 0 aromatic carbocycles. The molecule has 0 saturated carbocycles. The lowest BCUT2D eigenvalue weighted by atomic mass is 10.3. The van der Waals surface area contributed by atoms with Crippen molar-refractivity contribution in [3.63, 3.8) is 0 Å². The molecule has 0 bridgehead atoms. The fourth-order valence-electron chi connectivity index (χ4n) is 1.72. The van der Waals surface area contributed by atoms with E-state index in [0.717, 1.165) is 26.2 Å². The maximum atomic E-state index is 5.62. The number of nitrogens with one attached hydrogen (secondary N) is 1. The normalized spacial score (nSPS) is 12.7. The number of ether oxygens (including phenoxy) is 1. The van der Waals surface area contributed by atoms with Crippen LogP contribution in [0.1, 0.15) is 22.7 Å². The van der Waals surface area contributed by atoms with Crippen LogP contribution in [0.15, 0.2) is 35.0 Å². The Morgan fingerprint density at radius 3 is 2.72 bits per heavy atom. The molecular weight excluding hydrogens is 262 g/mol. The number of rotatable bonds is 8. The van der Waals surface area contributed by atoms with Crippen LogP contribution in [0.2, 0.25) is 0 Å². The van der Waals surface area contributed by atoms with E-state index in [9.17, 15) is 0 Å². The fourth-order valence-corrected chi connectivity index (χ4v) is 3.16. The lowest BCUT2D eigenvalue weighted by molar-refractivity contribution is 0.137. The molecule has 18 heavy (non-hydrogen) atoms. The fraction of sp³-hybridized carbons (Fsp3) is 0.429. The molecule has 0 fully saturated rings. The summed E-state index contributed by atoms with van der Waals surface area (Å²) < 4.78 is 5.62. The average molecular weight is 281 g/mol. The second-order valence-electron chi connectivity index (χ2n) is 4.13. The molecule has 1 unspecified atom stereocenters. The van der Waals surface area contributed by atoms with Gasteiger partial charge in [0, 0.05) is 28.8 Å². The van der Waals surface area contributed by atoms with E-state index in [4.69, 9.17) is 4.74 Å². The van der Waals surface area contributed by atoms with Crippen molar-refractivity contribution in [2.45, 2.75) is 19.4 Å². The number of thiophene rings is 2. The van der Waals surface area contributed by atoms with Gasteiger partial charge in [0.25, 0.3) is 0 Å². The molecule has 2 aromatic rings. The molecule has 0 aliphatic carbocycles. The molecule has 1 atom stereocenters. The monoisotopic (exact) mass is 281 g/mol. The Hall–Kier alpha value is -0.680. The van der Waals surface area contributed by atoms with Gasteiger partial charge in [-0.3, -0.25) is 0 Å². The SMILES string of the molecule is CC(NCCOCCc1cccs1)c1cccs1. The number of hydrogen-bond acceptors (Lipinski definition) is 4. The van der Waals surface area contributed by atoms with Crippen LogP contribution in [0.3, 0.4) is 0 Å². The molecule has 2 aromatic heterocycles. The van der Waals surface area contributed by atoms with E-state index >= 15 is 0 Å². The lowest BCUT2D eigenvalue weighted by Gasteiger charge is -2.12. The van der Waals surface area contributed by atoms with Gasteiger partial charge in [-0.05, 0) is 29.8 Å². The van der Waals surface area contributed by atoms with Crippen LogP contribution >= 0.6 is 22.7 Å². The van der Waals surface area contributed by atoms with E-state index in [1.165, 1.54) is 9.75 Å². The van der Waals surface area contributed by atoms with Crippen molar-refractivity contribution in [3.8, 4) is 0 Å². The zero-order valence-corrected chi connectivity index (χ0v) is 12.2. The summed E-state index contributed by atoms with van der Waals surface area (Å²) in [5, 5.41) is 7.69. The van der Waals surface area contributed by atoms with Gasteiger partial charge in [0.2, 0.25) is 0 Å². The highest BCUT2D eigenvalue weighted by molar-refractivity contribution is 7.10. The van der Waals surface area contributed by atoms with Gasteiger partial charge in [0.1, 0.15) is 0 Å². The van der Waals surface area contributed by atoms with E-state index < -0.39 is 0 Å². The van der Waals surface area contributed by atoms with Crippen molar-refractivity contribution in [2.24, 2.45) is 0 Å². The molecule has 2 nitrogen and oxygen atoms in total. The molecule has 1 N–H and O–H groups in total. The van der Waals surface area contributed by atoms with Crippen molar-refractivity contribution in [2.75, 3.05) is 19.8 Å². The summed E-state index contributed by atoms with van der Waals surface area (Å²) in [6.45, 7) is 4.69. The van der Waals surface area contributed by atoms with Gasteiger partial charge in [-0.1, -0.05) is 12.1 Å². The third-order valence-corrected chi connectivity index (χ3v) is 4.73. The topological polar surface area (TPSA) is 21.3 Å². The van der Waals surface area contributed by atoms with Crippen LogP contribution in [0.4, 0.5) is 0 Å². The molecule has 0 spiro atoms. The first-order chi connectivity index (χ1) is 8.86. The Balaban J connectivity index is 1.51. The Morgan fingerprint density at radius 1 is 1.17 bits per heavy atom. The van der Waals surface area contributed by atoms with E-state index in [1.807, 2.05) is 0 Å². The van der Waals surface area contributed by atoms with Gasteiger partial charge >= 0.3 is 0 Å². The van der Waals surface area contributed by atoms with Crippen LogP contribution in [0, 0.1) is 0 Å². The van der Waals surface area contributed by atoms with Crippen molar-refractivity contribution in [1.82, 2.24) is 5.32 Å². The highest BCUT2D eigenvalue weighted by Crippen LogP contribution is 2.17. The molecule has 0 aliphatic rings. The smallest absolute Gasteiger partial charge is 0.0591 e. The summed E-state index contributed by atoms with van der Waals surface area (Å²) >= 11 is 3.59. The lowest BCUT2D eigenvalue weighted by Crippen LogP contribution is -2.23. The summed E-state index contributed by atoms with van der Waals surface area (Å²) in [6, 6.07) is 8.93. The minimum absolute atomic E-state index is 0.422. The van der Waals surface area contributed by atoms with Gasteiger partial charge in [-0.15, -0.1) is 22.7 Å². The standard InChI is InChI=1S/C14H19NOS2/c1-12(14-5-3-11-18-14)15-7-9-16-8-6-13-4-2-10-17-13/h2-5,10-12,15H,6-9H2,1H3. The Morgan fingerprint density at radius 2 is 2.00 bits per heavy atom. The van der Waals surface area contributed by atoms with Crippen LogP contribution < -0.4 is 5.32 Å². The van der Waals surface area contributed by atoms with E-state index in [-0.39, 0.29) is 0 Å². The first-order valence-electron chi connectivity index (χ1n) is 6.23. The van der Waals surface area contributed by atoms with Crippen LogP contribution in [-0.4, -0.2) is 19.8 Å². The molecule has 0 amide bonds. The maximum Gasteiger partial charge on any atom is 0.0591 e. The maximum absolute atomic E-state index is 5.62. The average Bonchev–Trinajstić information content (AvgIpc) is 3.05. The Kier molecular flexibility index (Phi) is 5.87. The summed E-state index contributed by atoms with van der Waals surface area (Å²) in [5.41, 5.74) is 0. The van der Waals surface area contributed by atoms with Crippen LogP contribution in [-0.2, 0) is 11.2 Å². The second kappa shape index (κ2) is 7.69. The quantitative estimate of drug-likeness (QED) is 0.745. The van der Waals surface area contributed by atoms with E-state index in [1.54, 1.807) is 22.7 Å². The third kappa shape index (κ3) is 4.53. The van der Waals surface area contributed by atoms with Crippen molar-refractivity contribution in [3.05, 3.63) is 44.8 Å². The largest absolute Gasteiger partial charge is 0.380 e. The van der Waals surface area contributed by atoms with Crippen LogP contribution in [0.25, 0.3) is 0 Å². The molecular formula is C14H19NOS2. The Labute approximate surface area is 117 Å². The third-order valence-electron chi connectivity index (χ3n) is 2.74. The van der Waals surface area contributed by atoms with Gasteiger partial charge in [0.05, 0.1) is 13.2 Å². The van der Waals surface area contributed by atoms with E-state index in [0.29, 0.717) is 6.04 Å². The predicted molar refractivity (Wildman–Crippen MR) is 79.6 cm³/mol. The van der Waals surface area contributed by atoms with Crippen LogP contribution in [0.5, 0.6) is 0 Å². The molecule has 0 saturated heterocycles. The molecule has 4 heteroatoms. The molecule has 0 radical (unpaired) electrons. The zero-order chi connectivity index (χ0) is 12.6. The summed E-state index contributed by atoms with van der Waals surface area (Å²) in [5.74, 6) is 0. The number of hydrogen-bond donors (Lipinski definition) is 1. The Bertz CT molecular complexity index is 411. The van der Waals surface area contributed by atoms with Crippen molar-refractivity contribution in [1.29, 1.82) is 0 Å². The first-order valence-corrected chi connectivity index (χ1v) is 7.99. The molecule has 2 rings (SSSR count). The zero-order valence-electron chi connectivity index (χ0n) is 10.6. The second-order valence-corrected chi connectivity index (χ2v) is 6.14. The minimum atomic E-state index is 0.422. The summed E-state index contributed by atoms with van der Waals surface area (Å²) in [7, 11) is 0. The van der Waals surface area contributed by atoms with Gasteiger partial charge in [-0.2, -0.15) is 0 Å². The summed E-state index contributed by atoms with van der Waals surface area (Å²) in [4.78, 5) is 2.78. The van der Waals surface area contributed by atoms with Gasteiger partial charge in [-0.25, -0.2) is 0 Å². The highest BCUT2D eigenvalue weighted by atomic mass is 32.1. The van der Waals surface area contributed by atoms with Gasteiger partial charge < -0.3 is 10.1 Å². The predicted octanol–water partition coefficient (Wildman–Crippen LogP) is 3.72. The van der Waals surface area contributed by atoms with Gasteiger partial charge in [0.15, 0.2) is 0 Å². The minimum Gasteiger partial charge on any atom is -0.380 e. The molecule has 2 heterocycles. The van der Waals surface area contributed by atoms with Crippen molar-refractivity contribution < 1.29 is 4.74 Å². The van der Waals surface area contributed by atoms with Crippen molar-refractivity contribution >= 4 is 22.7 Å². The molecule has 0 aliphatic heterocycles. The molecule has 98 valence electrons.